The predicted octanol–water partition coefficient (Wildman–Crippen LogP) is 2.39. The molecule has 1 saturated heterocycles. The molecule has 1 aromatic rings. The molecule has 1 aromatic carbocycles. The molecule has 5 heteroatoms. The lowest BCUT2D eigenvalue weighted by atomic mass is 10.1. The maximum absolute atomic E-state index is 13.2. The van der Waals surface area contributed by atoms with E-state index in [1.165, 1.54) is 0 Å². The van der Waals surface area contributed by atoms with Crippen molar-refractivity contribution in [2.75, 3.05) is 19.7 Å². The van der Waals surface area contributed by atoms with Gasteiger partial charge in [-0.15, -0.1) is 0 Å². The quantitative estimate of drug-likeness (QED) is 0.796. The third-order valence-corrected chi connectivity index (χ3v) is 3.15. The van der Waals surface area contributed by atoms with Crippen molar-refractivity contribution in [2.24, 2.45) is 0 Å². The minimum atomic E-state index is -0.860. The van der Waals surface area contributed by atoms with Gasteiger partial charge < -0.3 is 10.1 Å². The lowest BCUT2D eigenvalue weighted by Crippen LogP contribution is -2.33. The zero-order chi connectivity index (χ0) is 10.8. The van der Waals surface area contributed by atoms with Crippen LogP contribution in [0.5, 0.6) is 0 Å². The van der Waals surface area contributed by atoms with Gasteiger partial charge in [-0.3, -0.25) is 0 Å². The minimum Gasteiger partial charge on any atom is -0.371 e. The van der Waals surface area contributed by atoms with E-state index in [1.54, 1.807) is 6.07 Å². The van der Waals surface area contributed by atoms with Gasteiger partial charge in [-0.2, -0.15) is 0 Å². The molecule has 2 nitrogen and oxygen atoms in total. The van der Waals surface area contributed by atoms with E-state index in [0.29, 0.717) is 18.7 Å². The number of rotatable bonds is 1. The molecule has 0 bridgehead atoms. The SMILES string of the molecule is Fc1ccc(C2CNCCO2)c(Br)c1F. The lowest BCUT2D eigenvalue weighted by Gasteiger charge is -2.24. The van der Waals surface area contributed by atoms with Gasteiger partial charge >= 0.3 is 0 Å². The smallest absolute Gasteiger partial charge is 0.173 e. The molecule has 1 atom stereocenters. The molecule has 1 aliphatic heterocycles. The summed E-state index contributed by atoms with van der Waals surface area (Å²) in [6.45, 7) is 1.98. The van der Waals surface area contributed by atoms with Crippen LogP contribution in [0.4, 0.5) is 8.78 Å². The Morgan fingerprint density at radius 2 is 2.20 bits per heavy atom. The molecule has 1 heterocycles. The molecule has 0 amide bonds. The van der Waals surface area contributed by atoms with Crippen molar-refractivity contribution >= 4 is 15.9 Å². The largest absolute Gasteiger partial charge is 0.371 e. The molecule has 1 aliphatic rings. The van der Waals surface area contributed by atoms with Gasteiger partial charge in [0, 0.05) is 13.1 Å². The van der Waals surface area contributed by atoms with Crippen LogP contribution in [0, 0.1) is 11.6 Å². The Morgan fingerprint density at radius 1 is 1.40 bits per heavy atom. The van der Waals surface area contributed by atoms with E-state index in [0.717, 1.165) is 12.6 Å². The normalized spacial score (nSPS) is 21.7. The third-order valence-electron chi connectivity index (χ3n) is 2.34. The maximum Gasteiger partial charge on any atom is 0.173 e. The zero-order valence-corrected chi connectivity index (χ0v) is 9.48. The van der Waals surface area contributed by atoms with E-state index < -0.39 is 11.6 Å². The topological polar surface area (TPSA) is 21.3 Å². The predicted molar refractivity (Wildman–Crippen MR) is 55.6 cm³/mol. The molecule has 15 heavy (non-hydrogen) atoms. The van der Waals surface area contributed by atoms with Crippen molar-refractivity contribution in [3.05, 3.63) is 33.8 Å². The molecule has 1 fully saturated rings. The molecular formula is C10H10BrF2NO. The van der Waals surface area contributed by atoms with E-state index >= 15 is 0 Å². The number of hydrogen-bond acceptors (Lipinski definition) is 2. The molecule has 0 spiro atoms. The fraction of sp³-hybridized carbons (Fsp3) is 0.400. The molecular weight excluding hydrogens is 268 g/mol. The van der Waals surface area contributed by atoms with Gasteiger partial charge in [0.15, 0.2) is 11.6 Å². The number of benzene rings is 1. The lowest BCUT2D eigenvalue weighted by molar-refractivity contribution is 0.0270. The number of halogens is 3. The number of hydrogen-bond donors (Lipinski definition) is 1. The van der Waals surface area contributed by atoms with Gasteiger partial charge in [0.2, 0.25) is 0 Å². The highest BCUT2D eigenvalue weighted by atomic mass is 79.9. The summed E-state index contributed by atoms with van der Waals surface area (Å²) in [6.07, 6.45) is -0.219. The first-order valence-corrected chi connectivity index (χ1v) is 5.45. The van der Waals surface area contributed by atoms with Crippen LogP contribution in [0.3, 0.4) is 0 Å². The van der Waals surface area contributed by atoms with E-state index in [9.17, 15) is 8.78 Å². The van der Waals surface area contributed by atoms with Crippen LogP contribution < -0.4 is 5.32 Å². The van der Waals surface area contributed by atoms with Crippen LogP contribution in [0.25, 0.3) is 0 Å². The van der Waals surface area contributed by atoms with Gasteiger partial charge in [0.1, 0.15) is 0 Å². The van der Waals surface area contributed by atoms with Gasteiger partial charge in [0.25, 0.3) is 0 Å². The second kappa shape index (κ2) is 4.55. The Kier molecular flexibility index (Phi) is 3.33. The van der Waals surface area contributed by atoms with Crippen LogP contribution >= 0.6 is 15.9 Å². The summed E-state index contributed by atoms with van der Waals surface area (Å²) >= 11 is 3.04. The van der Waals surface area contributed by atoms with Gasteiger partial charge in [-0.25, -0.2) is 8.78 Å². The first kappa shape index (κ1) is 11.0. The molecule has 0 aromatic heterocycles. The highest BCUT2D eigenvalue weighted by molar-refractivity contribution is 9.10. The summed E-state index contributed by atoms with van der Waals surface area (Å²) in [7, 11) is 0. The summed E-state index contributed by atoms with van der Waals surface area (Å²) in [5.74, 6) is -1.71. The molecule has 2 rings (SSSR count). The van der Waals surface area contributed by atoms with Gasteiger partial charge in [-0.1, -0.05) is 6.07 Å². The summed E-state index contributed by atoms with van der Waals surface area (Å²) in [5.41, 5.74) is 0.640. The number of ether oxygens (including phenoxy) is 1. The van der Waals surface area contributed by atoms with Crippen LogP contribution in [0.1, 0.15) is 11.7 Å². The number of morpholine rings is 1. The Bertz CT molecular complexity index is 367. The average Bonchev–Trinajstić information content (AvgIpc) is 2.27. The zero-order valence-electron chi connectivity index (χ0n) is 7.90. The average molecular weight is 278 g/mol. The van der Waals surface area contributed by atoms with E-state index in [1.807, 2.05) is 0 Å². The Labute approximate surface area is 94.7 Å². The van der Waals surface area contributed by atoms with Crippen LogP contribution in [-0.2, 0) is 4.74 Å². The van der Waals surface area contributed by atoms with Crippen molar-refractivity contribution in [2.45, 2.75) is 6.10 Å². The van der Waals surface area contributed by atoms with Crippen molar-refractivity contribution in [1.29, 1.82) is 0 Å². The standard InChI is InChI=1S/C10H10BrF2NO/c11-9-6(1-2-7(12)10(9)13)8-5-14-3-4-15-8/h1-2,8,14H,3-5H2. The van der Waals surface area contributed by atoms with Crippen molar-refractivity contribution in [1.82, 2.24) is 5.32 Å². The summed E-state index contributed by atoms with van der Waals surface area (Å²) in [6, 6.07) is 2.66. The number of nitrogens with one attached hydrogen (secondary N) is 1. The van der Waals surface area contributed by atoms with Gasteiger partial charge in [-0.05, 0) is 27.6 Å². The monoisotopic (exact) mass is 277 g/mol. The Morgan fingerprint density at radius 3 is 2.87 bits per heavy atom. The van der Waals surface area contributed by atoms with Crippen molar-refractivity contribution < 1.29 is 13.5 Å². The summed E-state index contributed by atoms with van der Waals surface area (Å²) < 4.78 is 31.7. The fourth-order valence-electron chi connectivity index (χ4n) is 1.55. The Balaban J connectivity index is 2.31. The third kappa shape index (κ3) is 2.19. The molecule has 0 aliphatic carbocycles. The summed E-state index contributed by atoms with van der Waals surface area (Å²) in [4.78, 5) is 0. The molecule has 82 valence electrons. The summed E-state index contributed by atoms with van der Waals surface area (Å²) in [5, 5.41) is 3.13. The van der Waals surface area contributed by atoms with Crippen LogP contribution in [-0.4, -0.2) is 19.7 Å². The fourth-order valence-corrected chi connectivity index (χ4v) is 2.13. The van der Waals surface area contributed by atoms with E-state index in [4.69, 9.17) is 4.74 Å². The van der Waals surface area contributed by atoms with E-state index in [-0.39, 0.29) is 10.6 Å². The highest BCUT2D eigenvalue weighted by Crippen LogP contribution is 2.30. The molecule has 1 unspecified atom stereocenters. The second-order valence-electron chi connectivity index (χ2n) is 3.33. The van der Waals surface area contributed by atoms with Crippen LogP contribution in [0.15, 0.2) is 16.6 Å². The molecule has 1 N–H and O–H groups in total. The Hall–Kier alpha value is -0.520. The first-order chi connectivity index (χ1) is 7.20. The second-order valence-corrected chi connectivity index (χ2v) is 4.12. The maximum atomic E-state index is 13.2. The molecule has 0 radical (unpaired) electrons. The van der Waals surface area contributed by atoms with Crippen molar-refractivity contribution in [3.63, 3.8) is 0 Å². The molecule has 0 saturated carbocycles. The van der Waals surface area contributed by atoms with Gasteiger partial charge in [0.05, 0.1) is 17.2 Å². The first-order valence-electron chi connectivity index (χ1n) is 4.66. The highest BCUT2D eigenvalue weighted by Gasteiger charge is 2.21. The van der Waals surface area contributed by atoms with Crippen molar-refractivity contribution in [3.8, 4) is 0 Å². The van der Waals surface area contributed by atoms with Crippen LogP contribution in [0.2, 0.25) is 0 Å². The van der Waals surface area contributed by atoms with E-state index in [2.05, 4.69) is 21.2 Å². The minimum absolute atomic E-state index is 0.149.